The maximum Gasteiger partial charge on any atom is 0.387 e. The van der Waals surface area contributed by atoms with Crippen LogP contribution in [0, 0.1) is 5.41 Å². The first kappa shape index (κ1) is 15.3. The molecule has 0 aliphatic heterocycles. The van der Waals surface area contributed by atoms with Crippen LogP contribution in [0.4, 0.5) is 14.7 Å². The van der Waals surface area contributed by atoms with Gasteiger partial charge in [-0.15, -0.1) is 0 Å². The number of ether oxygens (including phenoxy) is 1. The molecule has 21 heavy (non-hydrogen) atoms. The molecule has 0 amide bonds. The molecule has 2 rings (SSSR count). The first-order chi connectivity index (χ1) is 9.76. The van der Waals surface area contributed by atoms with E-state index in [1.54, 1.807) is 12.1 Å². The number of halogens is 2. The van der Waals surface area contributed by atoms with Crippen molar-refractivity contribution in [3.8, 4) is 16.9 Å². The first-order valence-corrected chi connectivity index (χ1v) is 6.55. The van der Waals surface area contributed by atoms with E-state index in [1.165, 1.54) is 12.1 Å². The van der Waals surface area contributed by atoms with Crippen molar-refractivity contribution in [2.24, 2.45) is 5.41 Å². The summed E-state index contributed by atoms with van der Waals surface area (Å²) in [7, 11) is 0. The standard InChI is InChI=1S/C15H18F2N2O2/c1-15(2,3)8-11-12(13(18)21-19-11)9-4-6-10(7-5-9)20-14(16)17/h4-7,14H,8,18H2,1-3H3. The summed E-state index contributed by atoms with van der Waals surface area (Å²) >= 11 is 0. The quantitative estimate of drug-likeness (QED) is 0.922. The Kier molecular flexibility index (Phi) is 4.16. The molecule has 0 aliphatic rings. The monoisotopic (exact) mass is 296 g/mol. The molecule has 0 spiro atoms. The van der Waals surface area contributed by atoms with Gasteiger partial charge in [-0.2, -0.15) is 8.78 Å². The molecule has 1 aromatic carbocycles. The maximum absolute atomic E-state index is 12.1. The zero-order valence-electron chi connectivity index (χ0n) is 12.2. The van der Waals surface area contributed by atoms with Gasteiger partial charge in [0.1, 0.15) is 5.75 Å². The smallest absolute Gasteiger partial charge is 0.387 e. The van der Waals surface area contributed by atoms with Crippen LogP contribution in [-0.4, -0.2) is 11.8 Å². The number of nitrogens with zero attached hydrogens (tertiary/aromatic N) is 1. The Labute approximate surface area is 121 Å². The summed E-state index contributed by atoms with van der Waals surface area (Å²) < 4.78 is 33.7. The van der Waals surface area contributed by atoms with Crippen molar-refractivity contribution in [2.45, 2.75) is 33.8 Å². The molecular weight excluding hydrogens is 278 g/mol. The van der Waals surface area contributed by atoms with Gasteiger partial charge in [-0.25, -0.2) is 0 Å². The molecule has 0 fully saturated rings. The molecule has 2 aromatic rings. The summed E-state index contributed by atoms with van der Waals surface area (Å²) in [6.07, 6.45) is 0.693. The zero-order valence-corrected chi connectivity index (χ0v) is 12.2. The minimum absolute atomic E-state index is 0.0246. The Morgan fingerprint density at radius 3 is 2.38 bits per heavy atom. The Bertz CT molecular complexity index is 601. The molecule has 6 heteroatoms. The minimum atomic E-state index is -2.84. The van der Waals surface area contributed by atoms with E-state index in [9.17, 15) is 8.78 Å². The number of hydrogen-bond acceptors (Lipinski definition) is 4. The van der Waals surface area contributed by atoms with Crippen molar-refractivity contribution in [1.82, 2.24) is 5.16 Å². The molecule has 0 bridgehead atoms. The number of alkyl halides is 2. The van der Waals surface area contributed by atoms with Gasteiger partial charge in [-0.1, -0.05) is 38.1 Å². The predicted octanol–water partition coefficient (Wildman–Crippen LogP) is 4.11. The van der Waals surface area contributed by atoms with Gasteiger partial charge < -0.3 is 15.0 Å². The van der Waals surface area contributed by atoms with Gasteiger partial charge >= 0.3 is 6.61 Å². The van der Waals surface area contributed by atoms with E-state index in [0.29, 0.717) is 12.0 Å². The van der Waals surface area contributed by atoms with Crippen molar-refractivity contribution in [3.63, 3.8) is 0 Å². The Hall–Kier alpha value is -2.11. The fraction of sp³-hybridized carbons (Fsp3) is 0.400. The molecule has 114 valence electrons. The molecule has 0 radical (unpaired) electrons. The fourth-order valence-corrected chi connectivity index (χ4v) is 2.07. The second-order valence-electron chi connectivity index (χ2n) is 6.01. The van der Waals surface area contributed by atoms with Gasteiger partial charge in [-0.05, 0) is 29.5 Å². The summed E-state index contributed by atoms with van der Waals surface area (Å²) in [5.41, 5.74) is 8.07. The third-order valence-corrected chi connectivity index (χ3v) is 2.86. The maximum atomic E-state index is 12.1. The largest absolute Gasteiger partial charge is 0.435 e. The van der Waals surface area contributed by atoms with E-state index >= 15 is 0 Å². The summed E-state index contributed by atoms with van der Waals surface area (Å²) in [4.78, 5) is 0. The summed E-state index contributed by atoms with van der Waals surface area (Å²) in [5.74, 6) is 0.318. The molecule has 0 unspecified atom stereocenters. The lowest BCUT2D eigenvalue weighted by atomic mass is 9.88. The number of benzene rings is 1. The van der Waals surface area contributed by atoms with Crippen LogP contribution in [0.1, 0.15) is 26.5 Å². The van der Waals surface area contributed by atoms with Crippen LogP contribution in [0.3, 0.4) is 0 Å². The van der Waals surface area contributed by atoms with E-state index in [2.05, 4.69) is 30.7 Å². The first-order valence-electron chi connectivity index (χ1n) is 6.55. The Morgan fingerprint density at radius 2 is 1.86 bits per heavy atom. The average Bonchev–Trinajstić information content (AvgIpc) is 2.69. The second-order valence-corrected chi connectivity index (χ2v) is 6.01. The van der Waals surface area contributed by atoms with Crippen LogP contribution < -0.4 is 10.5 Å². The van der Waals surface area contributed by atoms with Crippen molar-refractivity contribution in [2.75, 3.05) is 5.73 Å². The van der Waals surface area contributed by atoms with Crippen LogP contribution >= 0.6 is 0 Å². The predicted molar refractivity (Wildman–Crippen MR) is 76.1 cm³/mol. The zero-order chi connectivity index (χ0) is 15.6. The van der Waals surface area contributed by atoms with E-state index < -0.39 is 6.61 Å². The number of nitrogens with two attached hydrogens (primary N) is 1. The van der Waals surface area contributed by atoms with Crippen LogP contribution in [0.15, 0.2) is 28.8 Å². The molecule has 0 saturated heterocycles. The van der Waals surface area contributed by atoms with Crippen LogP contribution in [0.25, 0.3) is 11.1 Å². The molecule has 1 aromatic heterocycles. The topological polar surface area (TPSA) is 61.3 Å². The van der Waals surface area contributed by atoms with Crippen molar-refractivity contribution in [3.05, 3.63) is 30.0 Å². The Balaban J connectivity index is 2.31. The van der Waals surface area contributed by atoms with E-state index in [0.717, 1.165) is 11.3 Å². The minimum Gasteiger partial charge on any atom is -0.435 e. The summed E-state index contributed by atoms with van der Waals surface area (Å²) in [5, 5.41) is 4.00. The highest BCUT2D eigenvalue weighted by Crippen LogP contribution is 2.34. The Morgan fingerprint density at radius 1 is 1.24 bits per heavy atom. The summed E-state index contributed by atoms with van der Waals surface area (Å²) in [6, 6.07) is 6.25. The average molecular weight is 296 g/mol. The van der Waals surface area contributed by atoms with Crippen molar-refractivity contribution >= 4 is 5.88 Å². The molecule has 0 saturated carbocycles. The van der Waals surface area contributed by atoms with E-state index in [4.69, 9.17) is 10.3 Å². The number of rotatable bonds is 4. The van der Waals surface area contributed by atoms with E-state index in [1.807, 2.05) is 0 Å². The van der Waals surface area contributed by atoms with Gasteiger partial charge in [0.25, 0.3) is 0 Å². The lowest BCUT2D eigenvalue weighted by molar-refractivity contribution is -0.0498. The highest BCUT2D eigenvalue weighted by atomic mass is 19.3. The molecule has 0 atom stereocenters. The van der Waals surface area contributed by atoms with Gasteiger partial charge in [-0.3, -0.25) is 0 Å². The highest BCUT2D eigenvalue weighted by Gasteiger charge is 2.21. The second kappa shape index (κ2) is 5.71. The number of nitrogen functional groups attached to an aromatic ring is 1. The third-order valence-electron chi connectivity index (χ3n) is 2.86. The molecular formula is C15H18F2N2O2. The van der Waals surface area contributed by atoms with Crippen molar-refractivity contribution < 1.29 is 18.0 Å². The number of anilines is 1. The van der Waals surface area contributed by atoms with Crippen LogP contribution in [-0.2, 0) is 6.42 Å². The molecule has 2 N–H and O–H groups in total. The van der Waals surface area contributed by atoms with Gasteiger partial charge in [0.05, 0.1) is 11.3 Å². The van der Waals surface area contributed by atoms with Gasteiger partial charge in [0.15, 0.2) is 0 Å². The lowest BCUT2D eigenvalue weighted by Crippen LogP contribution is -2.10. The van der Waals surface area contributed by atoms with Crippen molar-refractivity contribution in [1.29, 1.82) is 0 Å². The normalized spacial score (nSPS) is 11.9. The fourth-order valence-electron chi connectivity index (χ4n) is 2.07. The van der Waals surface area contributed by atoms with E-state index in [-0.39, 0.29) is 17.0 Å². The molecule has 4 nitrogen and oxygen atoms in total. The van der Waals surface area contributed by atoms with Crippen LogP contribution in [0.5, 0.6) is 5.75 Å². The highest BCUT2D eigenvalue weighted by molar-refractivity contribution is 5.75. The molecule has 1 heterocycles. The number of hydrogen-bond donors (Lipinski definition) is 1. The lowest BCUT2D eigenvalue weighted by Gasteiger charge is -2.16. The third kappa shape index (κ3) is 3.93. The van der Waals surface area contributed by atoms with Crippen LogP contribution in [0.2, 0.25) is 0 Å². The summed E-state index contributed by atoms with van der Waals surface area (Å²) in [6.45, 7) is 3.41. The molecule has 0 aliphatic carbocycles. The SMILES string of the molecule is CC(C)(C)Cc1noc(N)c1-c1ccc(OC(F)F)cc1. The number of aromatic nitrogens is 1. The van der Waals surface area contributed by atoms with Gasteiger partial charge in [0.2, 0.25) is 5.88 Å². The van der Waals surface area contributed by atoms with Gasteiger partial charge in [0, 0.05) is 0 Å².